The van der Waals surface area contributed by atoms with E-state index in [-0.39, 0.29) is 18.9 Å². The standard InChI is InChI=1S/C14H18F3N5O/c1-4-21-10(3)11(8-18-21)19-13(23)5-6-22-9(2)7-12(20-22)14(15,16)17/h7-8H,4-6H2,1-3H3,(H,19,23). The maximum absolute atomic E-state index is 12.6. The van der Waals surface area contributed by atoms with E-state index >= 15 is 0 Å². The summed E-state index contributed by atoms with van der Waals surface area (Å²) in [5.74, 6) is -0.299. The third-order valence-corrected chi connectivity index (χ3v) is 3.50. The minimum atomic E-state index is -4.48. The number of hydrogen-bond acceptors (Lipinski definition) is 3. The van der Waals surface area contributed by atoms with E-state index in [4.69, 9.17) is 0 Å². The first-order chi connectivity index (χ1) is 10.7. The fourth-order valence-electron chi connectivity index (χ4n) is 2.18. The number of carbonyl (C=O) groups is 1. The van der Waals surface area contributed by atoms with Crippen molar-refractivity contribution in [1.82, 2.24) is 19.6 Å². The number of hydrogen-bond donors (Lipinski definition) is 1. The number of nitrogens with one attached hydrogen (secondary N) is 1. The van der Waals surface area contributed by atoms with E-state index in [9.17, 15) is 18.0 Å². The molecule has 0 bridgehead atoms. The molecule has 0 saturated heterocycles. The Bertz CT molecular complexity index is 702. The number of aromatic nitrogens is 4. The van der Waals surface area contributed by atoms with Gasteiger partial charge in [-0.2, -0.15) is 23.4 Å². The SMILES string of the molecule is CCn1ncc(NC(=O)CCn2nc(C(F)(F)F)cc2C)c1C. The van der Waals surface area contributed by atoms with Crippen molar-refractivity contribution >= 4 is 11.6 Å². The molecule has 2 aromatic rings. The lowest BCUT2D eigenvalue weighted by molar-refractivity contribution is -0.141. The summed E-state index contributed by atoms with van der Waals surface area (Å²) in [5.41, 5.74) is 0.844. The number of carbonyl (C=O) groups excluding carboxylic acids is 1. The number of nitrogens with zero attached hydrogens (tertiary/aromatic N) is 4. The fourth-order valence-corrected chi connectivity index (χ4v) is 2.18. The van der Waals surface area contributed by atoms with Gasteiger partial charge in [-0.1, -0.05) is 0 Å². The molecule has 23 heavy (non-hydrogen) atoms. The number of alkyl halides is 3. The lowest BCUT2D eigenvalue weighted by Crippen LogP contribution is -2.16. The van der Waals surface area contributed by atoms with Crippen LogP contribution < -0.4 is 5.32 Å². The van der Waals surface area contributed by atoms with Crippen molar-refractivity contribution in [2.75, 3.05) is 5.32 Å². The van der Waals surface area contributed by atoms with E-state index in [0.717, 1.165) is 11.8 Å². The molecular formula is C14H18F3N5O. The van der Waals surface area contributed by atoms with Gasteiger partial charge in [0.25, 0.3) is 0 Å². The molecule has 0 spiro atoms. The van der Waals surface area contributed by atoms with E-state index < -0.39 is 11.9 Å². The highest BCUT2D eigenvalue weighted by Crippen LogP contribution is 2.28. The van der Waals surface area contributed by atoms with E-state index in [0.29, 0.717) is 17.9 Å². The minimum Gasteiger partial charge on any atom is -0.323 e. The summed E-state index contributed by atoms with van der Waals surface area (Å²) in [5, 5.41) is 10.3. The number of halogens is 3. The maximum atomic E-state index is 12.6. The van der Waals surface area contributed by atoms with Crippen LogP contribution >= 0.6 is 0 Å². The summed E-state index contributed by atoms with van der Waals surface area (Å²) in [4.78, 5) is 11.9. The molecule has 0 aliphatic heterocycles. The molecule has 0 unspecified atom stereocenters. The van der Waals surface area contributed by atoms with Crippen molar-refractivity contribution in [3.63, 3.8) is 0 Å². The third kappa shape index (κ3) is 3.91. The van der Waals surface area contributed by atoms with Gasteiger partial charge >= 0.3 is 6.18 Å². The number of anilines is 1. The van der Waals surface area contributed by atoms with Crippen molar-refractivity contribution in [3.8, 4) is 0 Å². The quantitative estimate of drug-likeness (QED) is 0.917. The van der Waals surface area contributed by atoms with Crippen molar-refractivity contribution in [3.05, 3.63) is 29.3 Å². The largest absolute Gasteiger partial charge is 0.435 e. The summed E-state index contributed by atoms with van der Waals surface area (Å²) in [7, 11) is 0. The highest BCUT2D eigenvalue weighted by Gasteiger charge is 2.34. The molecule has 0 fully saturated rings. The molecule has 6 nitrogen and oxygen atoms in total. The summed E-state index contributed by atoms with van der Waals surface area (Å²) < 4.78 is 40.7. The highest BCUT2D eigenvalue weighted by molar-refractivity contribution is 5.91. The van der Waals surface area contributed by atoms with E-state index in [2.05, 4.69) is 15.5 Å². The Kier molecular flexibility index (Phi) is 4.76. The van der Waals surface area contributed by atoms with Gasteiger partial charge in [-0.3, -0.25) is 14.2 Å². The van der Waals surface area contributed by atoms with Gasteiger partial charge in [-0.15, -0.1) is 0 Å². The van der Waals surface area contributed by atoms with Gasteiger partial charge in [0, 0.05) is 25.2 Å². The molecule has 1 amide bonds. The Morgan fingerprint density at radius 3 is 2.52 bits per heavy atom. The van der Waals surface area contributed by atoms with Gasteiger partial charge in [-0.25, -0.2) is 0 Å². The lowest BCUT2D eigenvalue weighted by Gasteiger charge is -2.07. The Balaban J connectivity index is 1.97. The van der Waals surface area contributed by atoms with Crippen LogP contribution in [0.2, 0.25) is 0 Å². The molecule has 126 valence electrons. The number of aryl methyl sites for hydroxylation is 3. The zero-order chi connectivity index (χ0) is 17.2. The normalized spacial score (nSPS) is 11.7. The summed E-state index contributed by atoms with van der Waals surface area (Å²) in [6.45, 7) is 6.06. The molecule has 2 heterocycles. The molecule has 2 aromatic heterocycles. The molecule has 1 N–H and O–H groups in total. The monoisotopic (exact) mass is 329 g/mol. The molecule has 0 radical (unpaired) electrons. The molecule has 0 aliphatic rings. The molecule has 2 rings (SSSR count). The third-order valence-electron chi connectivity index (χ3n) is 3.50. The van der Waals surface area contributed by atoms with Crippen molar-refractivity contribution < 1.29 is 18.0 Å². The molecule has 0 aliphatic carbocycles. The molecule has 9 heteroatoms. The lowest BCUT2D eigenvalue weighted by atomic mass is 10.3. The Labute approximate surface area is 131 Å². The van der Waals surface area contributed by atoms with Gasteiger partial charge in [0.15, 0.2) is 5.69 Å². The van der Waals surface area contributed by atoms with Crippen molar-refractivity contribution in [2.24, 2.45) is 0 Å². The predicted octanol–water partition coefficient (Wildman–Crippen LogP) is 2.76. The number of amides is 1. The van der Waals surface area contributed by atoms with Crippen molar-refractivity contribution in [1.29, 1.82) is 0 Å². The zero-order valence-electron chi connectivity index (χ0n) is 13.1. The van der Waals surface area contributed by atoms with Crippen LogP contribution in [0.1, 0.15) is 30.4 Å². The number of rotatable bonds is 5. The highest BCUT2D eigenvalue weighted by atomic mass is 19.4. The van der Waals surface area contributed by atoms with Gasteiger partial charge in [0.1, 0.15) is 0 Å². The Morgan fingerprint density at radius 1 is 1.30 bits per heavy atom. The van der Waals surface area contributed by atoms with E-state index in [1.807, 2.05) is 13.8 Å². The average molecular weight is 329 g/mol. The summed E-state index contributed by atoms with van der Waals surface area (Å²) in [6.07, 6.45) is -2.90. The first-order valence-corrected chi connectivity index (χ1v) is 7.16. The van der Waals surface area contributed by atoms with Crippen molar-refractivity contribution in [2.45, 2.75) is 46.5 Å². The maximum Gasteiger partial charge on any atom is 0.435 e. The zero-order valence-corrected chi connectivity index (χ0v) is 13.1. The second kappa shape index (κ2) is 6.43. The van der Waals surface area contributed by atoms with Crippen LogP contribution in [-0.4, -0.2) is 25.5 Å². The van der Waals surface area contributed by atoms with Crippen LogP contribution in [-0.2, 0) is 24.1 Å². The smallest absolute Gasteiger partial charge is 0.323 e. The molecule has 0 aromatic carbocycles. The topological polar surface area (TPSA) is 64.7 Å². The average Bonchev–Trinajstić information content (AvgIpc) is 3.00. The predicted molar refractivity (Wildman–Crippen MR) is 77.9 cm³/mol. The van der Waals surface area contributed by atoms with Gasteiger partial charge in [-0.05, 0) is 26.8 Å². The van der Waals surface area contributed by atoms with Crippen LogP contribution in [0.5, 0.6) is 0 Å². The van der Waals surface area contributed by atoms with E-state index in [1.165, 1.54) is 11.6 Å². The molecule has 0 atom stereocenters. The van der Waals surface area contributed by atoms with Crippen LogP contribution in [0.4, 0.5) is 18.9 Å². The second-order valence-corrected chi connectivity index (χ2v) is 5.15. The Morgan fingerprint density at radius 2 is 2.00 bits per heavy atom. The first kappa shape index (κ1) is 17.0. The Hall–Kier alpha value is -2.32. The van der Waals surface area contributed by atoms with Crippen LogP contribution in [0.25, 0.3) is 0 Å². The van der Waals surface area contributed by atoms with Gasteiger partial charge in [0.2, 0.25) is 5.91 Å². The minimum absolute atomic E-state index is 0.0244. The van der Waals surface area contributed by atoms with E-state index in [1.54, 1.807) is 10.9 Å². The summed E-state index contributed by atoms with van der Waals surface area (Å²) in [6, 6.07) is 0.966. The van der Waals surface area contributed by atoms with Crippen LogP contribution in [0.3, 0.4) is 0 Å². The van der Waals surface area contributed by atoms with Crippen LogP contribution in [0, 0.1) is 13.8 Å². The van der Waals surface area contributed by atoms with Gasteiger partial charge in [0.05, 0.1) is 17.6 Å². The second-order valence-electron chi connectivity index (χ2n) is 5.15. The van der Waals surface area contributed by atoms with Crippen LogP contribution in [0.15, 0.2) is 12.3 Å². The van der Waals surface area contributed by atoms with Gasteiger partial charge < -0.3 is 5.32 Å². The first-order valence-electron chi connectivity index (χ1n) is 7.16. The fraction of sp³-hybridized carbons (Fsp3) is 0.500. The molecule has 0 saturated carbocycles. The molecular weight excluding hydrogens is 311 g/mol. The summed E-state index contributed by atoms with van der Waals surface area (Å²) >= 11 is 0.